The fraction of sp³-hybridized carbons (Fsp3) is 0.364. The van der Waals surface area contributed by atoms with E-state index in [0.29, 0.717) is 10.7 Å². The first-order valence-electron chi connectivity index (χ1n) is 5.68. The summed E-state index contributed by atoms with van der Waals surface area (Å²) in [5.41, 5.74) is 0.387. The molecule has 2 aromatic heterocycles. The molecule has 0 aliphatic heterocycles. The zero-order valence-electron chi connectivity index (χ0n) is 10.6. The van der Waals surface area contributed by atoms with Crippen LogP contribution in [0.5, 0.6) is 0 Å². The summed E-state index contributed by atoms with van der Waals surface area (Å²) in [5.74, 6) is 0.230. The van der Waals surface area contributed by atoms with E-state index < -0.39 is 0 Å². The normalized spacial score (nSPS) is 11.2. The van der Waals surface area contributed by atoms with Gasteiger partial charge in [0.25, 0.3) is 0 Å². The standard InChI is InChI=1S/C11H11Br2N3O2S2/c1-5(2)16-10(18)14-15-11(16)19-4-7(17)6-3-8(12)20-9(6)13/h3,5H,4H2,1-2H3,(H,14,18). The Morgan fingerprint density at radius 2 is 2.25 bits per heavy atom. The molecule has 2 aromatic rings. The molecule has 2 rings (SSSR count). The topological polar surface area (TPSA) is 67.8 Å². The van der Waals surface area contributed by atoms with Crippen molar-refractivity contribution in [2.45, 2.75) is 25.0 Å². The van der Waals surface area contributed by atoms with Crippen molar-refractivity contribution in [1.29, 1.82) is 0 Å². The number of carbonyl (C=O) groups is 1. The monoisotopic (exact) mass is 439 g/mol. The predicted octanol–water partition coefficient (Wildman–Crippen LogP) is 3.71. The first-order chi connectivity index (χ1) is 9.40. The van der Waals surface area contributed by atoms with Crippen LogP contribution in [0, 0.1) is 0 Å². The third-order valence-electron chi connectivity index (χ3n) is 2.48. The van der Waals surface area contributed by atoms with Crippen molar-refractivity contribution in [2.75, 3.05) is 5.75 Å². The summed E-state index contributed by atoms with van der Waals surface area (Å²) < 4.78 is 3.24. The van der Waals surface area contributed by atoms with Crippen molar-refractivity contribution in [3.63, 3.8) is 0 Å². The molecule has 5 nitrogen and oxygen atoms in total. The zero-order chi connectivity index (χ0) is 14.9. The molecule has 0 aromatic carbocycles. The molecule has 0 bridgehead atoms. The van der Waals surface area contributed by atoms with Gasteiger partial charge < -0.3 is 0 Å². The third kappa shape index (κ3) is 3.44. The lowest BCUT2D eigenvalue weighted by atomic mass is 10.2. The summed E-state index contributed by atoms with van der Waals surface area (Å²) >= 11 is 9.43. The number of rotatable bonds is 5. The number of carbonyl (C=O) groups excluding carboxylic acids is 1. The van der Waals surface area contributed by atoms with Crippen LogP contribution in [0.2, 0.25) is 0 Å². The Morgan fingerprint density at radius 3 is 2.80 bits per heavy atom. The Hall–Kier alpha value is -0.380. The van der Waals surface area contributed by atoms with Gasteiger partial charge in [0.1, 0.15) is 0 Å². The number of Topliss-reactive ketones (excluding diaryl/α,β-unsaturated/α-hetero) is 1. The number of H-pyrrole nitrogens is 1. The second-order valence-electron chi connectivity index (χ2n) is 4.22. The first kappa shape index (κ1) is 16.0. The van der Waals surface area contributed by atoms with Crippen LogP contribution >= 0.6 is 55.0 Å². The lowest BCUT2D eigenvalue weighted by Crippen LogP contribution is -2.19. The van der Waals surface area contributed by atoms with E-state index in [4.69, 9.17) is 0 Å². The Balaban J connectivity index is 2.11. The highest BCUT2D eigenvalue weighted by Crippen LogP contribution is 2.33. The van der Waals surface area contributed by atoms with Crippen molar-refractivity contribution in [2.24, 2.45) is 0 Å². The van der Waals surface area contributed by atoms with Crippen LogP contribution in [0.4, 0.5) is 0 Å². The first-order valence-corrected chi connectivity index (χ1v) is 9.06. The van der Waals surface area contributed by atoms with Crippen LogP contribution in [0.3, 0.4) is 0 Å². The Labute approximate surface area is 140 Å². The predicted molar refractivity (Wildman–Crippen MR) is 88.0 cm³/mol. The molecular formula is C11H11Br2N3O2S2. The van der Waals surface area contributed by atoms with Crippen molar-refractivity contribution in [3.05, 3.63) is 29.7 Å². The molecule has 1 N–H and O–H groups in total. The minimum atomic E-state index is -0.255. The maximum absolute atomic E-state index is 12.1. The molecule has 0 aliphatic carbocycles. The number of ketones is 1. The third-order valence-corrected chi connectivity index (χ3v) is 5.77. The molecule has 20 heavy (non-hydrogen) atoms. The molecule has 0 unspecified atom stereocenters. The molecule has 0 radical (unpaired) electrons. The molecule has 0 saturated heterocycles. The molecular weight excluding hydrogens is 430 g/mol. The maximum atomic E-state index is 12.1. The second kappa shape index (κ2) is 6.59. The lowest BCUT2D eigenvalue weighted by molar-refractivity contribution is 0.102. The van der Waals surface area contributed by atoms with Gasteiger partial charge in [-0.05, 0) is 51.8 Å². The van der Waals surface area contributed by atoms with Crippen molar-refractivity contribution in [1.82, 2.24) is 14.8 Å². The molecule has 0 aliphatic rings. The van der Waals surface area contributed by atoms with Crippen LogP contribution < -0.4 is 5.69 Å². The van der Waals surface area contributed by atoms with Crippen molar-refractivity contribution < 1.29 is 4.79 Å². The highest BCUT2D eigenvalue weighted by atomic mass is 79.9. The summed E-state index contributed by atoms with van der Waals surface area (Å²) in [6.07, 6.45) is 0. The minimum Gasteiger partial charge on any atom is -0.293 e. The van der Waals surface area contributed by atoms with Gasteiger partial charge in [0.15, 0.2) is 10.9 Å². The van der Waals surface area contributed by atoms with E-state index in [1.807, 2.05) is 13.8 Å². The van der Waals surface area contributed by atoms with Gasteiger partial charge in [-0.25, -0.2) is 9.89 Å². The second-order valence-corrected chi connectivity index (χ2v) is 8.92. The molecule has 108 valence electrons. The minimum absolute atomic E-state index is 0.000815. The van der Waals surface area contributed by atoms with Gasteiger partial charge in [-0.3, -0.25) is 9.36 Å². The summed E-state index contributed by atoms with van der Waals surface area (Å²) in [6.45, 7) is 3.80. The van der Waals surface area contributed by atoms with Gasteiger partial charge in [0, 0.05) is 11.6 Å². The van der Waals surface area contributed by atoms with E-state index in [2.05, 4.69) is 42.1 Å². The summed E-state index contributed by atoms with van der Waals surface area (Å²) in [4.78, 5) is 23.7. The van der Waals surface area contributed by atoms with E-state index in [1.165, 1.54) is 27.7 Å². The van der Waals surface area contributed by atoms with Crippen LogP contribution in [0.1, 0.15) is 30.2 Å². The van der Waals surface area contributed by atoms with E-state index in [9.17, 15) is 9.59 Å². The fourth-order valence-corrected chi connectivity index (χ4v) is 5.40. The van der Waals surface area contributed by atoms with Crippen LogP contribution in [0.25, 0.3) is 0 Å². The Bertz CT molecular complexity index is 690. The van der Waals surface area contributed by atoms with Crippen LogP contribution in [-0.2, 0) is 0 Å². The number of halogens is 2. The van der Waals surface area contributed by atoms with Crippen LogP contribution in [-0.4, -0.2) is 26.3 Å². The number of aromatic nitrogens is 3. The SMILES string of the molecule is CC(C)n1c(SCC(=O)c2cc(Br)sc2Br)n[nH]c1=O. The van der Waals surface area contributed by atoms with Crippen LogP contribution in [0.15, 0.2) is 23.6 Å². The number of hydrogen-bond acceptors (Lipinski definition) is 5. The largest absolute Gasteiger partial charge is 0.344 e. The van der Waals surface area contributed by atoms with Gasteiger partial charge in [-0.2, -0.15) is 0 Å². The Morgan fingerprint density at radius 1 is 1.55 bits per heavy atom. The summed E-state index contributed by atoms with van der Waals surface area (Å²) in [5, 5.41) is 6.89. The van der Waals surface area contributed by atoms with Gasteiger partial charge in [-0.1, -0.05) is 11.8 Å². The maximum Gasteiger partial charge on any atom is 0.344 e. The molecule has 0 fully saturated rings. The number of aromatic amines is 1. The highest BCUT2D eigenvalue weighted by molar-refractivity contribution is 9.12. The quantitative estimate of drug-likeness (QED) is 0.568. The van der Waals surface area contributed by atoms with Gasteiger partial charge in [0.05, 0.1) is 13.3 Å². The summed E-state index contributed by atoms with van der Waals surface area (Å²) in [6, 6.07) is 1.79. The highest BCUT2D eigenvalue weighted by Gasteiger charge is 2.17. The van der Waals surface area contributed by atoms with E-state index >= 15 is 0 Å². The molecule has 0 atom stereocenters. The number of nitrogens with zero attached hydrogens (tertiary/aromatic N) is 2. The van der Waals surface area contributed by atoms with E-state index in [1.54, 1.807) is 6.07 Å². The van der Waals surface area contributed by atoms with E-state index in [0.717, 1.165) is 7.57 Å². The Kier molecular flexibility index (Phi) is 5.27. The fourth-order valence-electron chi connectivity index (χ4n) is 1.59. The van der Waals surface area contributed by atoms with Gasteiger partial charge in [0.2, 0.25) is 0 Å². The van der Waals surface area contributed by atoms with Gasteiger partial charge in [-0.15, -0.1) is 16.4 Å². The average molecular weight is 441 g/mol. The van der Waals surface area contributed by atoms with Crippen molar-refractivity contribution in [3.8, 4) is 0 Å². The molecule has 0 amide bonds. The molecule has 2 heterocycles. The van der Waals surface area contributed by atoms with Crippen molar-refractivity contribution >= 4 is 60.7 Å². The summed E-state index contributed by atoms with van der Waals surface area (Å²) in [7, 11) is 0. The molecule has 0 saturated carbocycles. The zero-order valence-corrected chi connectivity index (χ0v) is 15.5. The van der Waals surface area contributed by atoms with E-state index in [-0.39, 0.29) is 23.3 Å². The molecule has 0 spiro atoms. The average Bonchev–Trinajstić information content (AvgIpc) is 2.89. The molecule has 9 heteroatoms. The number of hydrogen-bond donors (Lipinski definition) is 1. The smallest absolute Gasteiger partial charge is 0.293 e. The number of nitrogens with one attached hydrogen (secondary N) is 1. The number of thioether (sulfide) groups is 1. The number of thiophene rings is 1. The van der Waals surface area contributed by atoms with Gasteiger partial charge >= 0.3 is 5.69 Å². The lowest BCUT2D eigenvalue weighted by Gasteiger charge is -2.07.